The van der Waals surface area contributed by atoms with Gasteiger partial charge in [-0.05, 0) is 72.9 Å². The van der Waals surface area contributed by atoms with Crippen LogP contribution in [0.15, 0.2) is 59.7 Å². The number of amidine groups is 1. The molecule has 0 saturated carbocycles. The Hall–Kier alpha value is -2.96. The van der Waals surface area contributed by atoms with Crippen LogP contribution >= 0.6 is 23.2 Å². The topological polar surface area (TPSA) is 51.9 Å². The van der Waals surface area contributed by atoms with Crippen molar-refractivity contribution >= 4 is 35.1 Å². The third-order valence-corrected chi connectivity index (χ3v) is 6.40. The molecule has 0 aliphatic carbocycles. The van der Waals surface area contributed by atoms with Crippen molar-refractivity contribution < 1.29 is 9.57 Å². The second kappa shape index (κ2) is 9.12. The van der Waals surface area contributed by atoms with Gasteiger partial charge in [0.25, 0.3) is 0 Å². The van der Waals surface area contributed by atoms with Gasteiger partial charge in [0.1, 0.15) is 12.4 Å². The molecule has 170 valence electrons. The number of imidazole rings is 1. The summed E-state index contributed by atoms with van der Waals surface area (Å²) in [5.74, 6) is 1.64. The number of aromatic nitrogens is 2. The molecule has 2 aliphatic rings. The highest BCUT2D eigenvalue weighted by Gasteiger charge is 2.33. The van der Waals surface area contributed by atoms with Crippen molar-refractivity contribution in [1.29, 1.82) is 0 Å². The largest absolute Gasteiger partial charge is 0.495 e. The molecule has 33 heavy (non-hydrogen) atoms. The normalized spacial score (nSPS) is 19.2. The average Bonchev–Trinajstić information content (AvgIpc) is 3.24. The van der Waals surface area contributed by atoms with Gasteiger partial charge in [-0.15, -0.1) is 0 Å². The van der Waals surface area contributed by atoms with Crippen LogP contribution in [0, 0.1) is 6.92 Å². The van der Waals surface area contributed by atoms with Crippen LogP contribution in [-0.4, -0.2) is 40.5 Å². The molecule has 1 atom stereocenters. The van der Waals surface area contributed by atoms with E-state index >= 15 is 0 Å². The molecule has 2 aliphatic heterocycles. The Morgan fingerprint density at radius 3 is 2.70 bits per heavy atom. The zero-order chi connectivity index (χ0) is 22.9. The summed E-state index contributed by atoms with van der Waals surface area (Å²) in [7, 11) is 1.68. The fourth-order valence-electron chi connectivity index (χ4n) is 4.45. The molecule has 0 spiro atoms. The zero-order valence-corrected chi connectivity index (χ0v) is 20.0. The molecule has 1 saturated heterocycles. The van der Waals surface area contributed by atoms with Gasteiger partial charge in [0, 0.05) is 22.8 Å². The molecule has 0 N–H and O–H groups in total. The van der Waals surface area contributed by atoms with Gasteiger partial charge in [-0.3, -0.25) is 0 Å². The van der Waals surface area contributed by atoms with Crippen LogP contribution in [0.25, 0.3) is 11.8 Å². The summed E-state index contributed by atoms with van der Waals surface area (Å²) in [4.78, 5) is 12.3. The Balaban J connectivity index is 1.46. The number of hydrogen-bond acceptors (Lipinski definition) is 5. The molecule has 3 heterocycles. The molecular formula is C25H24Cl2N4O2. The van der Waals surface area contributed by atoms with Gasteiger partial charge in [-0.25, -0.2) is 4.98 Å². The molecule has 0 bridgehead atoms. The highest BCUT2D eigenvalue weighted by Crippen LogP contribution is 2.35. The maximum Gasteiger partial charge on any atom is 0.172 e. The molecule has 3 aromatic rings. The Kier molecular flexibility index (Phi) is 6.04. The van der Waals surface area contributed by atoms with Crippen molar-refractivity contribution in [1.82, 2.24) is 14.5 Å². The second-order valence-corrected chi connectivity index (χ2v) is 9.12. The summed E-state index contributed by atoms with van der Waals surface area (Å²) in [6.45, 7) is 3.32. The molecule has 1 fully saturated rings. The Morgan fingerprint density at radius 2 is 1.97 bits per heavy atom. The van der Waals surface area contributed by atoms with Crippen LogP contribution in [0.3, 0.4) is 0 Å². The van der Waals surface area contributed by atoms with Crippen molar-refractivity contribution in [2.45, 2.75) is 25.8 Å². The smallest absolute Gasteiger partial charge is 0.172 e. The van der Waals surface area contributed by atoms with Gasteiger partial charge in [-0.1, -0.05) is 34.4 Å². The van der Waals surface area contributed by atoms with E-state index in [1.54, 1.807) is 19.5 Å². The Labute approximate surface area is 203 Å². The summed E-state index contributed by atoms with van der Waals surface area (Å²) >= 11 is 12.5. The Morgan fingerprint density at radius 1 is 1.15 bits per heavy atom. The maximum absolute atomic E-state index is 6.26. The quantitative estimate of drug-likeness (QED) is 0.453. The number of fused-ring (bicyclic) bond motifs is 1. The fraction of sp³-hybridized carbons (Fsp3) is 0.280. The number of piperidine rings is 1. The first-order valence-electron chi connectivity index (χ1n) is 10.8. The second-order valence-electron chi connectivity index (χ2n) is 8.25. The molecule has 0 amide bonds. The minimum absolute atomic E-state index is 0.0128. The molecule has 8 heteroatoms. The zero-order valence-electron chi connectivity index (χ0n) is 18.5. The summed E-state index contributed by atoms with van der Waals surface area (Å²) < 4.78 is 7.64. The van der Waals surface area contributed by atoms with Gasteiger partial charge < -0.3 is 19.0 Å². The monoisotopic (exact) mass is 482 g/mol. The average molecular weight is 483 g/mol. The highest BCUT2D eigenvalue weighted by atomic mass is 35.5. The van der Waals surface area contributed by atoms with Crippen LogP contribution in [0.4, 0.5) is 0 Å². The van der Waals surface area contributed by atoms with Gasteiger partial charge in [0.2, 0.25) is 0 Å². The van der Waals surface area contributed by atoms with E-state index in [9.17, 15) is 0 Å². The number of benzene rings is 2. The summed E-state index contributed by atoms with van der Waals surface area (Å²) in [5.41, 5.74) is 5.10. The first-order chi connectivity index (χ1) is 16.0. The molecule has 1 unspecified atom stereocenters. The summed E-state index contributed by atoms with van der Waals surface area (Å²) in [5, 5.41) is 5.66. The van der Waals surface area contributed by atoms with Gasteiger partial charge >= 0.3 is 0 Å². The Bertz CT molecular complexity index is 1230. The summed E-state index contributed by atoms with van der Waals surface area (Å²) in [6.07, 6.45) is 7.88. The van der Waals surface area contributed by atoms with Crippen LogP contribution in [0.5, 0.6) is 5.75 Å². The molecule has 6 nitrogen and oxygen atoms in total. The molecule has 2 aromatic carbocycles. The highest BCUT2D eigenvalue weighted by molar-refractivity contribution is 6.34. The van der Waals surface area contributed by atoms with Crippen molar-refractivity contribution in [3.05, 3.63) is 81.4 Å². The van der Waals surface area contributed by atoms with E-state index in [1.807, 2.05) is 42.0 Å². The van der Waals surface area contributed by atoms with Crippen LogP contribution in [-0.2, 0) is 4.84 Å². The number of methoxy groups -OCH3 is 1. The fourth-order valence-corrected chi connectivity index (χ4v) is 4.99. The summed E-state index contributed by atoms with van der Waals surface area (Å²) in [6, 6.07) is 11.8. The van der Waals surface area contributed by atoms with E-state index in [1.165, 1.54) is 0 Å². The van der Waals surface area contributed by atoms with Crippen molar-refractivity contribution in [2.24, 2.45) is 5.16 Å². The molecular weight excluding hydrogens is 459 g/mol. The number of aryl methyl sites for hydroxylation is 1. The lowest BCUT2D eigenvalue weighted by Gasteiger charge is -2.40. The van der Waals surface area contributed by atoms with Crippen LogP contribution in [0.1, 0.15) is 35.7 Å². The van der Waals surface area contributed by atoms with Crippen molar-refractivity contribution in [3.63, 3.8) is 0 Å². The van der Waals surface area contributed by atoms with E-state index in [2.05, 4.69) is 27.2 Å². The van der Waals surface area contributed by atoms with Crippen molar-refractivity contribution in [2.75, 3.05) is 20.3 Å². The number of oxime groups is 1. The number of hydrogen-bond donors (Lipinski definition) is 0. The van der Waals surface area contributed by atoms with E-state index in [0.717, 1.165) is 59.1 Å². The minimum atomic E-state index is 0.0128. The molecule has 1 aromatic heterocycles. The van der Waals surface area contributed by atoms with Gasteiger partial charge in [0.15, 0.2) is 5.84 Å². The molecule has 0 radical (unpaired) electrons. The first kappa shape index (κ1) is 21.9. The van der Waals surface area contributed by atoms with Gasteiger partial charge in [0.05, 0.1) is 30.9 Å². The minimum Gasteiger partial charge on any atom is -0.495 e. The number of rotatable bonds is 4. The number of nitrogens with zero attached hydrogens (tertiary/aromatic N) is 4. The van der Waals surface area contributed by atoms with Crippen LogP contribution < -0.4 is 4.74 Å². The van der Waals surface area contributed by atoms with Crippen LogP contribution in [0.2, 0.25) is 10.0 Å². The predicted octanol–water partition coefficient (Wildman–Crippen LogP) is 6.06. The third kappa shape index (κ3) is 4.45. The van der Waals surface area contributed by atoms with E-state index < -0.39 is 0 Å². The molecule has 5 rings (SSSR count). The van der Waals surface area contributed by atoms with Crippen molar-refractivity contribution in [3.8, 4) is 11.4 Å². The lowest BCUT2D eigenvalue weighted by atomic mass is 9.96. The third-order valence-electron chi connectivity index (χ3n) is 5.97. The number of ether oxygens (including phenoxy) is 1. The lowest BCUT2D eigenvalue weighted by Crippen LogP contribution is -2.44. The van der Waals surface area contributed by atoms with E-state index in [0.29, 0.717) is 16.7 Å². The standard InChI is InChI=1S/C25H24Cl2N4O2/c1-16-13-30(15-28-16)22-6-5-17(9-24(22)32-2)8-18-4-3-7-31-23(14-33-29-25(18)31)19-10-20(26)12-21(27)11-19/h5-6,8-13,15,23H,3-4,7,14H2,1-2H3/b18-8+. The van der Waals surface area contributed by atoms with E-state index in [-0.39, 0.29) is 6.04 Å². The predicted molar refractivity (Wildman–Crippen MR) is 131 cm³/mol. The van der Waals surface area contributed by atoms with E-state index in [4.69, 9.17) is 32.8 Å². The van der Waals surface area contributed by atoms with Gasteiger partial charge in [-0.2, -0.15) is 0 Å². The lowest BCUT2D eigenvalue weighted by molar-refractivity contribution is 0.0575. The first-order valence-corrected chi connectivity index (χ1v) is 11.6. The SMILES string of the molecule is COc1cc(/C=C2\CCCN3C2=NOCC3c2cc(Cl)cc(Cl)c2)ccc1-n1cnc(C)c1. The maximum atomic E-state index is 6.26. The number of halogens is 2.